The Kier molecular flexibility index (Phi) is 3.66. The maximum absolute atomic E-state index is 5.63. The minimum atomic E-state index is 0.123. The van der Waals surface area contributed by atoms with Gasteiger partial charge in [0.2, 0.25) is 10.5 Å². The second-order valence-electron chi connectivity index (χ2n) is 4.96. The Hall–Kier alpha value is -0.283. The maximum Gasteiger partial charge on any atom is 0.204 e. The topological polar surface area (TPSA) is 9.23 Å². The number of benzene rings is 1. The lowest BCUT2D eigenvalue weighted by atomic mass is 9.82. The molecule has 15 heavy (non-hydrogen) atoms. The Morgan fingerprint density at radius 2 is 1.80 bits per heavy atom. The van der Waals surface area contributed by atoms with E-state index in [1.807, 2.05) is 0 Å². The van der Waals surface area contributed by atoms with Gasteiger partial charge < -0.3 is 4.43 Å². The molecule has 0 spiro atoms. The highest BCUT2D eigenvalue weighted by Gasteiger charge is 2.23. The normalized spacial score (nSPS) is 11.9. The fraction of sp³-hybridized carbons (Fsp3) is 0.500. The van der Waals surface area contributed by atoms with Gasteiger partial charge in [0.25, 0.3) is 0 Å². The predicted molar refractivity (Wildman–Crippen MR) is 72.9 cm³/mol. The lowest BCUT2D eigenvalue weighted by Gasteiger charge is -2.26. The molecule has 0 aliphatic heterocycles. The van der Waals surface area contributed by atoms with Crippen LogP contribution in [0.15, 0.2) is 10.5 Å². The summed E-state index contributed by atoms with van der Waals surface area (Å²) in [7, 11) is 0.723. The van der Waals surface area contributed by atoms with E-state index < -0.39 is 0 Å². The van der Waals surface area contributed by atoms with E-state index in [0.717, 1.165) is 20.7 Å². The number of rotatable bonds is 1. The van der Waals surface area contributed by atoms with E-state index in [1.54, 1.807) is 0 Å². The third-order valence-electron chi connectivity index (χ3n) is 2.71. The van der Waals surface area contributed by atoms with Gasteiger partial charge in [-0.2, -0.15) is 0 Å². The van der Waals surface area contributed by atoms with Crippen LogP contribution in [0.25, 0.3) is 0 Å². The molecule has 0 fully saturated rings. The number of halogens is 1. The Labute approximate surface area is 104 Å². The van der Waals surface area contributed by atoms with Crippen LogP contribution in [0, 0.1) is 13.8 Å². The fourth-order valence-electron chi connectivity index (χ4n) is 1.95. The van der Waals surface area contributed by atoms with Gasteiger partial charge in [-0.15, -0.1) is 0 Å². The lowest BCUT2D eigenvalue weighted by molar-refractivity contribution is 0.529. The van der Waals surface area contributed by atoms with E-state index in [4.69, 9.17) is 4.43 Å². The first-order valence-corrected chi connectivity index (χ1v) is 6.74. The van der Waals surface area contributed by atoms with Crippen molar-refractivity contribution in [3.63, 3.8) is 0 Å². The van der Waals surface area contributed by atoms with Gasteiger partial charge in [-0.05, 0) is 52.4 Å². The molecule has 0 radical (unpaired) electrons. The second-order valence-corrected chi connectivity index (χ2v) is 6.22. The van der Waals surface area contributed by atoms with E-state index in [1.165, 1.54) is 16.7 Å². The second kappa shape index (κ2) is 4.30. The molecule has 1 aromatic rings. The van der Waals surface area contributed by atoms with Gasteiger partial charge >= 0.3 is 0 Å². The molecule has 0 aromatic heterocycles. The molecule has 0 aliphatic carbocycles. The monoisotopic (exact) mass is 286 g/mol. The zero-order valence-electron chi connectivity index (χ0n) is 10.4. The summed E-state index contributed by atoms with van der Waals surface area (Å²) in [5.41, 5.74) is 4.11. The van der Waals surface area contributed by atoms with Crippen molar-refractivity contribution < 1.29 is 4.43 Å². The summed E-state index contributed by atoms with van der Waals surface area (Å²) in [6, 6.07) is 2.14. The molecule has 1 rings (SSSR count). The Balaban J connectivity index is 3.59. The Bertz CT molecular complexity index is 380. The summed E-state index contributed by atoms with van der Waals surface area (Å²) in [6.07, 6.45) is 0. The van der Waals surface area contributed by atoms with Gasteiger partial charge in [-0.3, -0.25) is 0 Å². The average molecular weight is 287 g/mol. The van der Waals surface area contributed by atoms with E-state index >= 15 is 0 Å². The summed E-state index contributed by atoms with van der Waals surface area (Å²) >= 11 is 3.58. The van der Waals surface area contributed by atoms with Crippen LogP contribution in [0.1, 0.15) is 37.5 Å². The standard InChI is InChI=1S/C12H19BrOSi/c1-7-6-9(13)11(14-15)10(8(7)2)12(3,4)5/h6H,1-5,15H3. The van der Waals surface area contributed by atoms with Crippen LogP contribution in [-0.2, 0) is 5.41 Å². The SMILES string of the molecule is Cc1cc(Br)c(O[SiH3])c(C(C)(C)C)c1C. The zero-order chi connectivity index (χ0) is 11.8. The molecule has 1 nitrogen and oxygen atoms in total. The fourth-order valence-corrected chi connectivity index (χ4v) is 3.38. The lowest BCUT2D eigenvalue weighted by Crippen LogP contribution is -2.16. The first-order chi connectivity index (χ1) is 6.79. The van der Waals surface area contributed by atoms with Crippen molar-refractivity contribution in [1.82, 2.24) is 0 Å². The summed E-state index contributed by atoms with van der Waals surface area (Å²) in [6.45, 7) is 11.0. The molecule has 0 heterocycles. The van der Waals surface area contributed by atoms with Crippen LogP contribution in [-0.4, -0.2) is 10.5 Å². The summed E-state index contributed by atoms with van der Waals surface area (Å²) in [4.78, 5) is 0. The van der Waals surface area contributed by atoms with E-state index in [9.17, 15) is 0 Å². The van der Waals surface area contributed by atoms with Crippen molar-refractivity contribution in [3.05, 3.63) is 27.2 Å². The van der Waals surface area contributed by atoms with E-state index in [0.29, 0.717) is 0 Å². The maximum atomic E-state index is 5.63. The minimum absolute atomic E-state index is 0.123. The molecule has 1 aromatic carbocycles. The van der Waals surface area contributed by atoms with Crippen LogP contribution in [0.4, 0.5) is 0 Å². The molecular formula is C12H19BrOSi. The van der Waals surface area contributed by atoms with Gasteiger partial charge in [0, 0.05) is 5.56 Å². The van der Waals surface area contributed by atoms with Gasteiger partial charge in [-0.1, -0.05) is 20.8 Å². The van der Waals surface area contributed by atoms with Crippen molar-refractivity contribution in [3.8, 4) is 5.75 Å². The van der Waals surface area contributed by atoms with Crippen LogP contribution in [0.3, 0.4) is 0 Å². The van der Waals surface area contributed by atoms with Crippen molar-refractivity contribution in [2.75, 3.05) is 0 Å². The molecule has 0 atom stereocenters. The predicted octanol–water partition coefficient (Wildman–Crippen LogP) is 3.02. The molecule has 0 N–H and O–H groups in total. The first-order valence-electron chi connectivity index (χ1n) is 5.13. The third kappa shape index (κ3) is 2.45. The van der Waals surface area contributed by atoms with Crippen molar-refractivity contribution >= 4 is 26.4 Å². The van der Waals surface area contributed by atoms with Crippen LogP contribution in [0.5, 0.6) is 5.75 Å². The highest BCUT2D eigenvalue weighted by Crippen LogP contribution is 2.40. The smallest absolute Gasteiger partial charge is 0.204 e. The van der Waals surface area contributed by atoms with Gasteiger partial charge in [0.1, 0.15) is 5.75 Å². The summed E-state index contributed by atoms with van der Waals surface area (Å²) in [5, 5.41) is 0. The molecule has 84 valence electrons. The van der Waals surface area contributed by atoms with Crippen LogP contribution in [0.2, 0.25) is 0 Å². The highest BCUT2D eigenvalue weighted by molar-refractivity contribution is 9.10. The van der Waals surface area contributed by atoms with Crippen molar-refractivity contribution in [2.24, 2.45) is 0 Å². The van der Waals surface area contributed by atoms with Crippen LogP contribution < -0.4 is 4.43 Å². The van der Waals surface area contributed by atoms with E-state index in [-0.39, 0.29) is 5.41 Å². The molecular weight excluding hydrogens is 268 g/mol. The Morgan fingerprint density at radius 1 is 1.27 bits per heavy atom. The number of hydrogen-bond acceptors (Lipinski definition) is 1. The quantitative estimate of drug-likeness (QED) is 0.721. The van der Waals surface area contributed by atoms with E-state index in [2.05, 4.69) is 56.6 Å². The zero-order valence-corrected chi connectivity index (χ0v) is 13.9. The van der Waals surface area contributed by atoms with Gasteiger partial charge in [0.05, 0.1) is 4.47 Å². The van der Waals surface area contributed by atoms with Gasteiger partial charge in [0.15, 0.2) is 0 Å². The average Bonchev–Trinajstić information content (AvgIpc) is 2.08. The van der Waals surface area contributed by atoms with Crippen LogP contribution >= 0.6 is 15.9 Å². The highest BCUT2D eigenvalue weighted by atomic mass is 79.9. The van der Waals surface area contributed by atoms with Crippen molar-refractivity contribution in [2.45, 2.75) is 40.0 Å². The molecule has 0 aliphatic rings. The molecule has 0 amide bonds. The third-order valence-corrected chi connectivity index (χ3v) is 3.71. The molecule has 0 saturated carbocycles. The largest absolute Gasteiger partial charge is 0.552 e. The number of hydrogen-bond donors (Lipinski definition) is 0. The summed E-state index contributed by atoms with van der Waals surface area (Å²) in [5.74, 6) is 1.03. The molecule has 0 bridgehead atoms. The number of aryl methyl sites for hydroxylation is 1. The van der Waals surface area contributed by atoms with Gasteiger partial charge in [-0.25, -0.2) is 0 Å². The first kappa shape index (κ1) is 12.8. The molecule has 3 heteroatoms. The van der Waals surface area contributed by atoms with Crippen molar-refractivity contribution in [1.29, 1.82) is 0 Å². The summed E-state index contributed by atoms with van der Waals surface area (Å²) < 4.78 is 6.71. The molecule has 0 unspecified atom stereocenters. The minimum Gasteiger partial charge on any atom is -0.552 e. The molecule has 0 saturated heterocycles. The Morgan fingerprint density at radius 3 is 2.20 bits per heavy atom.